The average molecular weight is 505 g/mol. The van der Waals surface area contributed by atoms with Gasteiger partial charge in [0.25, 0.3) is 0 Å². The minimum absolute atomic E-state index is 0.108. The van der Waals surface area contributed by atoms with Gasteiger partial charge in [-0.3, -0.25) is 0 Å². The number of halogens is 4. The van der Waals surface area contributed by atoms with E-state index in [1.54, 1.807) is 30.3 Å². The Kier molecular flexibility index (Phi) is 8.20. The number of nitrogens with one attached hydrogen (secondary N) is 1. The summed E-state index contributed by atoms with van der Waals surface area (Å²) < 4.78 is 52.7. The Bertz CT molecular complexity index is 1220. The van der Waals surface area contributed by atoms with Crippen LogP contribution in [0, 0.1) is 11.3 Å². The Morgan fingerprint density at radius 2 is 1.74 bits per heavy atom. The van der Waals surface area contributed by atoms with E-state index in [-0.39, 0.29) is 41.5 Å². The van der Waals surface area contributed by atoms with Crippen LogP contribution in [0.1, 0.15) is 30.4 Å². The number of nitrogens with zero attached hydrogens (tertiary/aromatic N) is 1. The number of alkyl halides is 3. The first kappa shape index (κ1) is 25.8. The van der Waals surface area contributed by atoms with E-state index in [1.807, 2.05) is 6.07 Å². The number of dihydropyridines is 1. The minimum Gasteiger partial charge on any atom is -0.461 e. The molecule has 1 unspecified atom stereocenters. The second kappa shape index (κ2) is 11.1. The summed E-state index contributed by atoms with van der Waals surface area (Å²) in [5.74, 6) is -3.71. The highest BCUT2D eigenvalue weighted by atomic mass is 35.5. The molecule has 0 saturated carbocycles. The molecular weight excluding hydrogens is 485 g/mol. The molecule has 0 spiro atoms. The number of rotatable bonds is 7. The van der Waals surface area contributed by atoms with Crippen LogP contribution in [0.2, 0.25) is 5.02 Å². The zero-order valence-corrected chi connectivity index (χ0v) is 19.2. The second-order valence-electron chi connectivity index (χ2n) is 7.54. The molecule has 0 bridgehead atoms. The molecular formula is C25H20ClF3N2O4. The Morgan fingerprint density at radius 1 is 1.06 bits per heavy atom. The van der Waals surface area contributed by atoms with E-state index in [0.29, 0.717) is 5.56 Å². The van der Waals surface area contributed by atoms with Gasteiger partial charge in [-0.15, -0.1) is 0 Å². The standard InChI is InChI=1S/C25H20ClF3N2O4/c1-15-19(23(32)34-12-6-11-30)20(17-9-5-10-18(26)13-17)21(22(31-15)25(27,28)29)24(33)35-14-16-7-3-2-4-8-16/h2-5,7-10,13,20,31H,6,12,14H2,1H3. The van der Waals surface area contributed by atoms with Gasteiger partial charge in [-0.2, -0.15) is 18.4 Å². The lowest BCUT2D eigenvalue weighted by atomic mass is 9.80. The maximum Gasteiger partial charge on any atom is 0.431 e. The number of allylic oxidation sites excluding steroid dienone is 2. The molecule has 0 radical (unpaired) electrons. The molecule has 1 aliphatic rings. The molecule has 10 heteroatoms. The quantitative estimate of drug-likeness (QED) is 0.406. The lowest BCUT2D eigenvalue weighted by molar-refractivity contribution is -0.142. The van der Waals surface area contributed by atoms with Crippen molar-refractivity contribution in [2.45, 2.75) is 32.0 Å². The van der Waals surface area contributed by atoms with Crippen LogP contribution in [0.15, 0.2) is 77.1 Å². The monoisotopic (exact) mass is 504 g/mol. The molecule has 1 heterocycles. The highest BCUT2D eigenvalue weighted by molar-refractivity contribution is 6.30. The second-order valence-corrected chi connectivity index (χ2v) is 7.98. The van der Waals surface area contributed by atoms with Gasteiger partial charge in [-0.05, 0) is 30.2 Å². The summed E-state index contributed by atoms with van der Waals surface area (Å²) in [6.45, 7) is 0.732. The van der Waals surface area contributed by atoms with E-state index in [0.717, 1.165) is 0 Å². The van der Waals surface area contributed by atoms with Gasteiger partial charge < -0.3 is 14.8 Å². The van der Waals surface area contributed by atoms with Crippen LogP contribution < -0.4 is 5.32 Å². The van der Waals surface area contributed by atoms with Crippen LogP contribution in [0.25, 0.3) is 0 Å². The fraction of sp³-hybridized carbons (Fsp3) is 0.240. The molecule has 3 rings (SSSR count). The number of carbonyl (C=O) groups excluding carboxylic acids is 2. The molecule has 2 aromatic carbocycles. The van der Waals surface area contributed by atoms with Crippen molar-refractivity contribution in [3.05, 3.63) is 93.3 Å². The van der Waals surface area contributed by atoms with Crippen LogP contribution >= 0.6 is 11.6 Å². The van der Waals surface area contributed by atoms with Crippen LogP contribution in [0.5, 0.6) is 0 Å². The predicted octanol–water partition coefficient (Wildman–Crippen LogP) is 5.32. The van der Waals surface area contributed by atoms with Crippen LogP contribution in [-0.4, -0.2) is 24.7 Å². The first-order valence-electron chi connectivity index (χ1n) is 10.4. The van der Waals surface area contributed by atoms with Gasteiger partial charge in [0.1, 0.15) is 18.9 Å². The molecule has 2 aromatic rings. The number of hydrogen-bond acceptors (Lipinski definition) is 6. The highest BCUT2D eigenvalue weighted by Crippen LogP contribution is 2.43. The molecule has 35 heavy (non-hydrogen) atoms. The van der Waals surface area contributed by atoms with Crippen molar-refractivity contribution in [3.63, 3.8) is 0 Å². The molecule has 1 N–H and O–H groups in total. The minimum atomic E-state index is -4.96. The van der Waals surface area contributed by atoms with Crippen molar-refractivity contribution in [2.75, 3.05) is 6.61 Å². The molecule has 1 aliphatic heterocycles. The summed E-state index contributed by atoms with van der Waals surface area (Å²) in [5, 5.41) is 11.1. The zero-order valence-electron chi connectivity index (χ0n) is 18.5. The lowest BCUT2D eigenvalue weighted by Gasteiger charge is -2.32. The maximum absolute atomic E-state index is 14.1. The van der Waals surface area contributed by atoms with E-state index in [4.69, 9.17) is 26.3 Å². The smallest absolute Gasteiger partial charge is 0.431 e. The Hall–Kier alpha value is -3.77. The van der Waals surface area contributed by atoms with Gasteiger partial charge >= 0.3 is 18.1 Å². The topological polar surface area (TPSA) is 88.4 Å². The van der Waals surface area contributed by atoms with E-state index in [1.165, 1.54) is 31.2 Å². The largest absolute Gasteiger partial charge is 0.461 e. The summed E-state index contributed by atoms with van der Waals surface area (Å²) >= 11 is 6.09. The summed E-state index contributed by atoms with van der Waals surface area (Å²) in [6.07, 6.45) is -5.07. The summed E-state index contributed by atoms with van der Waals surface area (Å²) in [4.78, 5) is 26.1. The average Bonchev–Trinajstić information content (AvgIpc) is 2.82. The number of hydrogen-bond donors (Lipinski definition) is 1. The van der Waals surface area contributed by atoms with E-state index in [2.05, 4.69) is 5.32 Å². The summed E-state index contributed by atoms with van der Waals surface area (Å²) in [7, 11) is 0. The molecule has 6 nitrogen and oxygen atoms in total. The number of ether oxygens (including phenoxy) is 2. The van der Waals surface area contributed by atoms with Gasteiger partial charge in [0, 0.05) is 10.7 Å². The van der Waals surface area contributed by atoms with Crippen LogP contribution in [0.4, 0.5) is 13.2 Å². The van der Waals surface area contributed by atoms with Crippen molar-refractivity contribution in [1.82, 2.24) is 5.32 Å². The molecule has 0 aromatic heterocycles. The molecule has 1 atom stereocenters. The SMILES string of the molecule is CC1=C(C(=O)OCCC#N)C(c2cccc(Cl)c2)C(C(=O)OCc2ccccc2)=C(C(F)(F)F)N1. The summed E-state index contributed by atoms with van der Waals surface area (Å²) in [6, 6.07) is 16.1. The molecule has 0 fully saturated rings. The van der Waals surface area contributed by atoms with Gasteiger partial charge in [-0.25, -0.2) is 9.59 Å². The normalized spacial score (nSPS) is 15.8. The first-order valence-corrected chi connectivity index (χ1v) is 10.8. The van der Waals surface area contributed by atoms with Gasteiger partial charge in [0.15, 0.2) is 0 Å². The van der Waals surface area contributed by atoms with Crippen molar-refractivity contribution in [1.29, 1.82) is 5.26 Å². The molecule has 182 valence electrons. The number of benzene rings is 2. The van der Waals surface area contributed by atoms with Crippen molar-refractivity contribution >= 4 is 23.5 Å². The highest BCUT2D eigenvalue weighted by Gasteiger charge is 2.47. The maximum atomic E-state index is 14.1. The van der Waals surface area contributed by atoms with Crippen LogP contribution in [0.3, 0.4) is 0 Å². The van der Waals surface area contributed by atoms with E-state index in [9.17, 15) is 22.8 Å². The third-order valence-corrected chi connectivity index (χ3v) is 5.36. The number of carbonyl (C=O) groups is 2. The predicted molar refractivity (Wildman–Crippen MR) is 121 cm³/mol. The first-order chi connectivity index (χ1) is 16.6. The molecule has 0 amide bonds. The molecule has 0 saturated heterocycles. The van der Waals surface area contributed by atoms with Crippen molar-refractivity contribution < 1.29 is 32.2 Å². The van der Waals surface area contributed by atoms with Crippen molar-refractivity contribution in [2.24, 2.45) is 0 Å². The molecule has 0 aliphatic carbocycles. The summed E-state index contributed by atoms with van der Waals surface area (Å²) in [5.41, 5.74) is -1.77. The van der Waals surface area contributed by atoms with Gasteiger partial charge in [-0.1, -0.05) is 54.1 Å². The van der Waals surface area contributed by atoms with Crippen molar-refractivity contribution in [3.8, 4) is 6.07 Å². The fourth-order valence-electron chi connectivity index (χ4n) is 3.63. The van der Waals surface area contributed by atoms with Crippen LogP contribution in [-0.2, 0) is 25.7 Å². The van der Waals surface area contributed by atoms with E-state index < -0.39 is 35.3 Å². The number of esters is 2. The third-order valence-electron chi connectivity index (χ3n) is 5.13. The fourth-order valence-corrected chi connectivity index (χ4v) is 3.83. The van der Waals surface area contributed by atoms with Gasteiger partial charge in [0.2, 0.25) is 0 Å². The lowest BCUT2D eigenvalue weighted by Crippen LogP contribution is -2.38. The number of nitriles is 1. The zero-order chi connectivity index (χ0) is 25.6. The van der Waals surface area contributed by atoms with E-state index >= 15 is 0 Å². The Labute approximate surface area is 204 Å². The van der Waals surface area contributed by atoms with Gasteiger partial charge in [0.05, 0.1) is 29.6 Å². The Morgan fingerprint density at radius 3 is 2.37 bits per heavy atom. The third kappa shape index (κ3) is 6.22. The Balaban J connectivity index is 2.12.